The van der Waals surface area contributed by atoms with Gasteiger partial charge in [-0.1, -0.05) is 159 Å². The Labute approximate surface area is 317 Å². The second-order valence-electron chi connectivity index (χ2n) is 15.7. The maximum Gasteiger partial charge on any atom is 0.0725 e. The molecule has 0 radical (unpaired) electrons. The van der Waals surface area contributed by atoms with Gasteiger partial charge in [0.15, 0.2) is 0 Å². The first-order valence-electron chi connectivity index (χ1n) is 19.1. The summed E-state index contributed by atoms with van der Waals surface area (Å²) in [5.41, 5.74) is 23.2. The van der Waals surface area contributed by atoms with E-state index in [1.54, 1.807) is 0 Å². The molecule has 0 atom stereocenters. The Balaban J connectivity index is 0.985. The minimum atomic E-state index is -0.342. The molecular weight excluding hydrogens is 651 g/mol. The van der Waals surface area contributed by atoms with Crippen molar-refractivity contribution in [1.29, 1.82) is 0 Å². The van der Waals surface area contributed by atoms with E-state index in [2.05, 4.69) is 208 Å². The zero-order valence-electron chi connectivity index (χ0n) is 30.8. The summed E-state index contributed by atoms with van der Waals surface area (Å²) in [6, 6.07) is 68.1. The number of hydrogen-bond acceptors (Lipinski definition) is 1. The molecule has 11 rings (SSSR count). The molecule has 0 fully saturated rings. The highest BCUT2D eigenvalue weighted by Gasteiger charge is 2.51. The van der Waals surface area contributed by atoms with Crippen LogP contribution < -0.4 is 4.90 Å². The lowest BCUT2D eigenvalue weighted by Crippen LogP contribution is -2.25. The van der Waals surface area contributed by atoms with Crippen LogP contribution in [-0.2, 0) is 10.8 Å². The van der Waals surface area contributed by atoms with Gasteiger partial charge in [-0.25, -0.2) is 0 Å². The molecule has 0 heterocycles. The number of nitrogens with zero attached hydrogens (tertiary/aromatic N) is 1. The van der Waals surface area contributed by atoms with E-state index in [0.717, 1.165) is 0 Å². The molecule has 3 aliphatic rings. The molecule has 3 aliphatic carbocycles. The van der Waals surface area contributed by atoms with Crippen LogP contribution in [0.2, 0.25) is 0 Å². The van der Waals surface area contributed by atoms with Crippen molar-refractivity contribution in [3.8, 4) is 55.6 Å². The van der Waals surface area contributed by atoms with E-state index in [1.807, 2.05) is 0 Å². The number of fused-ring (bicyclic) bond motifs is 13. The Morgan fingerprint density at radius 1 is 0.315 bits per heavy atom. The fourth-order valence-corrected chi connectivity index (χ4v) is 10.0. The molecule has 0 bridgehead atoms. The van der Waals surface area contributed by atoms with Gasteiger partial charge in [0.05, 0.1) is 5.41 Å². The van der Waals surface area contributed by atoms with E-state index in [9.17, 15) is 0 Å². The highest BCUT2D eigenvalue weighted by atomic mass is 15.1. The van der Waals surface area contributed by atoms with Crippen molar-refractivity contribution < 1.29 is 0 Å². The molecule has 1 heteroatoms. The van der Waals surface area contributed by atoms with Gasteiger partial charge in [0.1, 0.15) is 0 Å². The summed E-state index contributed by atoms with van der Waals surface area (Å²) in [7, 11) is 2.17. The molecule has 0 aromatic heterocycles. The van der Waals surface area contributed by atoms with Gasteiger partial charge in [-0.3, -0.25) is 0 Å². The van der Waals surface area contributed by atoms with Crippen LogP contribution in [-0.4, -0.2) is 7.05 Å². The van der Waals surface area contributed by atoms with Crippen LogP contribution in [0, 0.1) is 0 Å². The first-order valence-corrected chi connectivity index (χ1v) is 19.1. The zero-order valence-corrected chi connectivity index (χ0v) is 30.8. The fourth-order valence-electron chi connectivity index (χ4n) is 10.0. The van der Waals surface area contributed by atoms with E-state index in [4.69, 9.17) is 0 Å². The Kier molecular flexibility index (Phi) is 6.50. The van der Waals surface area contributed by atoms with Crippen LogP contribution in [0.1, 0.15) is 47.2 Å². The maximum atomic E-state index is 2.50. The van der Waals surface area contributed by atoms with E-state index in [1.165, 1.54) is 100 Å². The summed E-state index contributed by atoms with van der Waals surface area (Å²) in [5, 5.41) is 0. The van der Waals surface area contributed by atoms with Crippen molar-refractivity contribution in [3.63, 3.8) is 0 Å². The lowest BCUT2D eigenvalue weighted by atomic mass is 9.70. The van der Waals surface area contributed by atoms with Crippen LogP contribution in [0.4, 0.5) is 11.4 Å². The van der Waals surface area contributed by atoms with Crippen LogP contribution in [0.3, 0.4) is 0 Å². The number of hydrogen-bond donors (Lipinski definition) is 0. The Bertz CT molecular complexity index is 2740. The fraction of sp³-hybridized carbons (Fsp3) is 0.0943. The Hall–Kier alpha value is -6.44. The molecular formula is C53H39N. The molecule has 54 heavy (non-hydrogen) atoms. The second-order valence-corrected chi connectivity index (χ2v) is 15.7. The highest BCUT2D eigenvalue weighted by Crippen LogP contribution is 2.63. The molecule has 1 nitrogen and oxygen atoms in total. The number of anilines is 2. The summed E-state index contributed by atoms with van der Waals surface area (Å²) in [6.45, 7) is 4.78. The largest absolute Gasteiger partial charge is 0.345 e. The van der Waals surface area contributed by atoms with Gasteiger partial charge in [0.25, 0.3) is 0 Å². The molecule has 0 N–H and O–H groups in total. The van der Waals surface area contributed by atoms with E-state index < -0.39 is 0 Å². The van der Waals surface area contributed by atoms with Gasteiger partial charge < -0.3 is 4.90 Å². The SMILES string of the molecule is CN(c1ccc(-c2ccccc2)cc1)c1ccc2c(c1)C(C)(C)c1cc(-c3ccc4c(c3)C3(c5ccccc5-c5ccccc53)c3ccccc3-4)ccc1-2. The quantitative estimate of drug-likeness (QED) is 0.178. The first-order chi connectivity index (χ1) is 26.4. The minimum Gasteiger partial charge on any atom is -0.345 e. The van der Waals surface area contributed by atoms with Crippen molar-refractivity contribution in [2.24, 2.45) is 0 Å². The number of rotatable bonds is 4. The van der Waals surface area contributed by atoms with Crippen molar-refractivity contribution >= 4 is 11.4 Å². The van der Waals surface area contributed by atoms with Crippen molar-refractivity contribution in [2.45, 2.75) is 24.7 Å². The van der Waals surface area contributed by atoms with Gasteiger partial charge in [-0.2, -0.15) is 0 Å². The predicted octanol–water partition coefficient (Wildman–Crippen LogP) is 13.4. The van der Waals surface area contributed by atoms with Crippen LogP contribution in [0.25, 0.3) is 55.6 Å². The summed E-state index contributed by atoms with van der Waals surface area (Å²) in [5.74, 6) is 0. The molecule has 8 aromatic rings. The molecule has 0 amide bonds. The Morgan fingerprint density at radius 3 is 1.28 bits per heavy atom. The third kappa shape index (κ3) is 4.15. The zero-order chi connectivity index (χ0) is 36.2. The van der Waals surface area contributed by atoms with Gasteiger partial charge in [-0.15, -0.1) is 0 Å². The highest BCUT2D eigenvalue weighted by molar-refractivity contribution is 5.96. The van der Waals surface area contributed by atoms with Crippen molar-refractivity contribution in [1.82, 2.24) is 0 Å². The summed E-state index contributed by atoms with van der Waals surface area (Å²) in [6.07, 6.45) is 0. The molecule has 0 unspecified atom stereocenters. The van der Waals surface area contributed by atoms with E-state index in [-0.39, 0.29) is 10.8 Å². The second kappa shape index (κ2) is 11.3. The number of benzene rings is 8. The minimum absolute atomic E-state index is 0.147. The lowest BCUT2D eigenvalue weighted by Gasteiger charge is -2.30. The molecule has 0 aliphatic heterocycles. The molecule has 0 saturated carbocycles. The molecule has 1 spiro atoms. The molecule has 8 aromatic carbocycles. The van der Waals surface area contributed by atoms with Crippen molar-refractivity contribution in [2.75, 3.05) is 11.9 Å². The average molecular weight is 690 g/mol. The van der Waals surface area contributed by atoms with Crippen molar-refractivity contribution in [3.05, 3.63) is 215 Å². The third-order valence-corrected chi connectivity index (χ3v) is 12.7. The van der Waals surface area contributed by atoms with Crippen LogP contribution in [0.5, 0.6) is 0 Å². The van der Waals surface area contributed by atoms with Gasteiger partial charge in [0, 0.05) is 23.8 Å². The monoisotopic (exact) mass is 689 g/mol. The summed E-state index contributed by atoms with van der Waals surface area (Å²) < 4.78 is 0. The third-order valence-electron chi connectivity index (χ3n) is 12.7. The predicted molar refractivity (Wildman–Crippen MR) is 226 cm³/mol. The standard InChI is InChI=1S/C53H39N/c1-52(2)49-31-36(23-28-43(49)44-30-27-39(33-50(44)52)54(3)38-25-21-35(22-26-38)34-13-5-4-6-14-34)37-24-29-45-42-17-9-12-20-48(42)53(51(45)32-37)46-18-10-7-15-40(46)41-16-8-11-19-47(41)53/h4-33H,1-3H3. The normalized spacial score (nSPS) is 14.5. The van der Waals surface area contributed by atoms with E-state index >= 15 is 0 Å². The van der Waals surface area contributed by atoms with Gasteiger partial charge in [0.2, 0.25) is 0 Å². The summed E-state index contributed by atoms with van der Waals surface area (Å²) >= 11 is 0. The average Bonchev–Trinajstić information content (AvgIpc) is 3.79. The molecule has 256 valence electrons. The topological polar surface area (TPSA) is 3.24 Å². The van der Waals surface area contributed by atoms with Crippen LogP contribution in [0.15, 0.2) is 182 Å². The van der Waals surface area contributed by atoms with Gasteiger partial charge >= 0.3 is 0 Å². The lowest BCUT2D eigenvalue weighted by molar-refractivity contribution is 0.660. The van der Waals surface area contributed by atoms with E-state index in [0.29, 0.717) is 0 Å². The Morgan fingerprint density at radius 2 is 0.704 bits per heavy atom. The maximum absolute atomic E-state index is 2.50. The molecule has 0 saturated heterocycles. The van der Waals surface area contributed by atoms with Gasteiger partial charge in [-0.05, 0) is 125 Å². The first kappa shape index (κ1) is 31.1. The van der Waals surface area contributed by atoms with Crippen LogP contribution >= 0.6 is 0 Å². The summed E-state index contributed by atoms with van der Waals surface area (Å²) in [4.78, 5) is 2.30. The smallest absolute Gasteiger partial charge is 0.0725 e.